The molecule has 1 amide bonds. The van der Waals surface area contributed by atoms with Crippen molar-refractivity contribution in [3.63, 3.8) is 0 Å². The van der Waals surface area contributed by atoms with E-state index in [9.17, 15) is 4.79 Å². The summed E-state index contributed by atoms with van der Waals surface area (Å²) in [6.07, 6.45) is 0. The van der Waals surface area contributed by atoms with E-state index < -0.39 is 0 Å². The fraction of sp³-hybridized carbons (Fsp3) is 0.467. The molecule has 0 fully saturated rings. The van der Waals surface area contributed by atoms with Crippen molar-refractivity contribution >= 4 is 17.7 Å². The van der Waals surface area contributed by atoms with Crippen molar-refractivity contribution in [2.75, 3.05) is 25.4 Å². The third-order valence-electron chi connectivity index (χ3n) is 3.28. The minimum Gasteiger partial charge on any atom is -0.492 e. The molecule has 2 rings (SSSR count). The number of benzene rings is 1. The first-order valence-electron chi connectivity index (χ1n) is 7.62. The molecule has 1 aromatic carbocycles. The molecule has 0 aliphatic carbocycles. The van der Waals surface area contributed by atoms with Crippen LogP contribution in [0.4, 0.5) is 0 Å². The van der Waals surface area contributed by atoms with Gasteiger partial charge in [0.2, 0.25) is 11.1 Å². The Balaban J connectivity index is 2.16. The maximum absolute atomic E-state index is 12.1. The maximum atomic E-state index is 12.1. The number of para-hydroxylation sites is 2. The number of aromatic nitrogens is 4. The minimum absolute atomic E-state index is 0.0765. The molecule has 2 aromatic rings. The van der Waals surface area contributed by atoms with Crippen LogP contribution in [0.2, 0.25) is 0 Å². The third kappa shape index (κ3) is 4.22. The van der Waals surface area contributed by atoms with Crippen molar-refractivity contribution in [2.24, 2.45) is 0 Å². The third-order valence-corrected chi connectivity index (χ3v) is 4.18. The highest BCUT2D eigenvalue weighted by Gasteiger charge is 2.16. The Hall–Kier alpha value is -2.09. The van der Waals surface area contributed by atoms with Crippen LogP contribution >= 0.6 is 11.8 Å². The van der Waals surface area contributed by atoms with Crippen molar-refractivity contribution in [3.05, 3.63) is 24.3 Å². The Kier molecular flexibility index (Phi) is 6.40. The second-order valence-electron chi connectivity index (χ2n) is 4.63. The molecule has 0 saturated heterocycles. The lowest BCUT2D eigenvalue weighted by atomic mass is 10.3. The molecule has 1 heterocycles. The van der Waals surface area contributed by atoms with E-state index >= 15 is 0 Å². The molecule has 0 atom stereocenters. The number of hydrogen-bond acceptors (Lipinski definition) is 6. The second kappa shape index (κ2) is 8.52. The van der Waals surface area contributed by atoms with Crippen LogP contribution in [0.15, 0.2) is 29.4 Å². The lowest BCUT2D eigenvalue weighted by Gasteiger charge is -2.18. The first-order chi connectivity index (χ1) is 11.2. The van der Waals surface area contributed by atoms with Gasteiger partial charge >= 0.3 is 0 Å². The van der Waals surface area contributed by atoms with Crippen molar-refractivity contribution in [1.82, 2.24) is 25.1 Å². The van der Waals surface area contributed by atoms with Gasteiger partial charge in [-0.15, -0.1) is 5.10 Å². The summed E-state index contributed by atoms with van der Waals surface area (Å²) < 4.78 is 7.22. The molecule has 0 aliphatic heterocycles. The monoisotopic (exact) mass is 335 g/mol. The van der Waals surface area contributed by atoms with Crippen molar-refractivity contribution in [3.8, 4) is 11.4 Å². The Morgan fingerprint density at radius 3 is 2.70 bits per heavy atom. The quantitative estimate of drug-likeness (QED) is 0.687. The van der Waals surface area contributed by atoms with Crippen LogP contribution in [-0.2, 0) is 4.79 Å². The number of amides is 1. The van der Waals surface area contributed by atoms with E-state index in [0.29, 0.717) is 36.4 Å². The molecule has 124 valence electrons. The SMILES string of the molecule is CCOc1ccccc1-n1nnnc1SCC(=O)N(CC)CC. The molecule has 0 bridgehead atoms. The summed E-state index contributed by atoms with van der Waals surface area (Å²) >= 11 is 1.32. The van der Waals surface area contributed by atoms with Gasteiger partial charge in [-0.2, -0.15) is 4.68 Å². The maximum Gasteiger partial charge on any atom is 0.233 e. The van der Waals surface area contributed by atoms with Gasteiger partial charge in [-0.1, -0.05) is 23.9 Å². The molecule has 1 aromatic heterocycles. The number of carbonyl (C=O) groups is 1. The summed E-state index contributed by atoms with van der Waals surface area (Å²) in [5.74, 6) is 1.09. The fourth-order valence-electron chi connectivity index (χ4n) is 2.12. The molecule has 0 N–H and O–H groups in total. The topological polar surface area (TPSA) is 73.1 Å². The Morgan fingerprint density at radius 1 is 1.26 bits per heavy atom. The molecule has 0 unspecified atom stereocenters. The van der Waals surface area contributed by atoms with Crippen LogP contribution in [0.3, 0.4) is 0 Å². The summed E-state index contributed by atoms with van der Waals surface area (Å²) in [5.41, 5.74) is 0.761. The van der Waals surface area contributed by atoms with Crippen LogP contribution in [0, 0.1) is 0 Å². The van der Waals surface area contributed by atoms with Crippen LogP contribution in [-0.4, -0.2) is 56.5 Å². The lowest BCUT2D eigenvalue weighted by molar-refractivity contribution is -0.127. The number of tetrazole rings is 1. The van der Waals surface area contributed by atoms with Crippen molar-refractivity contribution in [1.29, 1.82) is 0 Å². The fourth-order valence-corrected chi connectivity index (χ4v) is 2.91. The number of thioether (sulfide) groups is 1. The first-order valence-corrected chi connectivity index (χ1v) is 8.60. The Morgan fingerprint density at radius 2 is 2.00 bits per heavy atom. The highest BCUT2D eigenvalue weighted by Crippen LogP contribution is 2.25. The lowest BCUT2D eigenvalue weighted by Crippen LogP contribution is -2.31. The molecule has 0 saturated carbocycles. The molecule has 8 heteroatoms. The van der Waals surface area contributed by atoms with Gasteiger partial charge < -0.3 is 9.64 Å². The molecule has 7 nitrogen and oxygen atoms in total. The van der Waals surface area contributed by atoms with Gasteiger partial charge in [0.25, 0.3) is 0 Å². The summed E-state index contributed by atoms with van der Waals surface area (Å²) in [7, 11) is 0. The van der Waals surface area contributed by atoms with E-state index in [2.05, 4.69) is 15.5 Å². The highest BCUT2D eigenvalue weighted by atomic mass is 32.2. The Labute approximate surface area is 140 Å². The van der Waals surface area contributed by atoms with E-state index in [1.807, 2.05) is 45.0 Å². The average Bonchev–Trinajstić information content (AvgIpc) is 3.03. The van der Waals surface area contributed by atoms with Crippen LogP contribution in [0.1, 0.15) is 20.8 Å². The van der Waals surface area contributed by atoms with Crippen molar-refractivity contribution in [2.45, 2.75) is 25.9 Å². The van der Waals surface area contributed by atoms with Crippen LogP contribution < -0.4 is 4.74 Å². The summed E-state index contributed by atoms with van der Waals surface area (Å²) in [4.78, 5) is 13.9. The van der Waals surface area contributed by atoms with Gasteiger partial charge in [0, 0.05) is 13.1 Å². The largest absolute Gasteiger partial charge is 0.492 e. The van der Waals surface area contributed by atoms with Gasteiger partial charge in [-0.25, -0.2) is 0 Å². The van der Waals surface area contributed by atoms with E-state index in [-0.39, 0.29) is 5.91 Å². The van der Waals surface area contributed by atoms with Crippen molar-refractivity contribution < 1.29 is 9.53 Å². The normalized spacial score (nSPS) is 10.6. The average molecular weight is 335 g/mol. The summed E-state index contributed by atoms with van der Waals surface area (Å²) in [6, 6.07) is 7.55. The number of ether oxygens (including phenoxy) is 1. The van der Waals surface area contributed by atoms with E-state index in [4.69, 9.17) is 4.74 Å². The predicted octanol–water partition coefficient (Wildman–Crippen LogP) is 2.02. The van der Waals surface area contributed by atoms with E-state index in [1.165, 1.54) is 11.8 Å². The van der Waals surface area contributed by atoms with Gasteiger partial charge in [0.1, 0.15) is 11.4 Å². The van der Waals surface area contributed by atoms with Crippen LogP contribution in [0.5, 0.6) is 5.75 Å². The molecule has 0 radical (unpaired) electrons. The zero-order valence-electron chi connectivity index (χ0n) is 13.6. The van der Waals surface area contributed by atoms with E-state index in [0.717, 1.165) is 5.69 Å². The minimum atomic E-state index is 0.0765. The number of rotatable bonds is 8. The van der Waals surface area contributed by atoms with Gasteiger partial charge in [0.15, 0.2) is 0 Å². The summed E-state index contributed by atoms with van der Waals surface area (Å²) in [6.45, 7) is 7.82. The second-order valence-corrected chi connectivity index (χ2v) is 5.57. The number of hydrogen-bond donors (Lipinski definition) is 0. The molecular formula is C15H21N5O2S. The number of nitrogens with zero attached hydrogens (tertiary/aromatic N) is 5. The summed E-state index contributed by atoms with van der Waals surface area (Å²) in [5, 5.41) is 12.3. The standard InChI is InChI=1S/C15H21N5O2S/c1-4-19(5-2)14(21)11-23-15-16-17-18-20(15)12-9-7-8-10-13(12)22-6-3/h7-10H,4-6,11H2,1-3H3. The van der Waals surface area contributed by atoms with E-state index in [1.54, 1.807) is 9.58 Å². The highest BCUT2D eigenvalue weighted by molar-refractivity contribution is 7.99. The van der Waals surface area contributed by atoms with Crippen LogP contribution in [0.25, 0.3) is 5.69 Å². The molecular weight excluding hydrogens is 314 g/mol. The van der Waals surface area contributed by atoms with Gasteiger partial charge in [0.05, 0.1) is 12.4 Å². The zero-order chi connectivity index (χ0) is 16.7. The zero-order valence-corrected chi connectivity index (χ0v) is 14.4. The van der Waals surface area contributed by atoms with Gasteiger partial charge in [-0.3, -0.25) is 4.79 Å². The predicted molar refractivity (Wildman–Crippen MR) is 89.0 cm³/mol. The molecule has 23 heavy (non-hydrogen) atoms. The first kappa shape index (κ1) is 17.3. The Bertz CT molecular complexity index is 642. The van der Waals surface area contributed by atoms with Gasteiger partial charge in [-0.05, 0) is 43.3 Å². The molecule has 0 spiro atoms. The number of carbonyl (C=O) groups excluding carboxylic acids is 1. The smallest absolute Gasteiger partial charge is 0.233 e. The molecule has 0 aliphatic rings.